The largest absolute Gasteiger partial charge is 0.480 e. The highest BCUT2D eigenvalue weighted by Crippen LogP contribution is 2.22. The van der Waals surface area contributed by atoms with Gasteiger partial charge in [-0.2, -0.15) is 5.26 Å². The number of methoxy groups -OCH3 is 1. The van der Waals surface area contributed by atoms with Crippen LogP contribution in [0.2, 0.25) is 0 Å². The molecule has 0 unspecified atom stereocenters. The van der Waals surface area contributed by atoms with E-state index in [0.717, 1.165) is 0 Å². The first kappa shape index (κ1) is 8.81. The number of aromatic nitrogens is 2. The Morgan fingerprint density at radius 2 is 2.33 bits per heavy atom. The number of rotatable bonds is 2. The van der Waals surface area contributed by atoms with Crippen molar-refractivity contribution < 1.29 is 4.74 Å². The lowest BCUT2D eigenvalue weighted by Gasteiger charge is -2.02. The number of hydrogen-bond donors (Lipinski definition) is 0. The zero-order chi connectivity index (χ0) is 8.97. The molecule has 0 saturated carbocycles. The normalized spacial score (nSPS) is 9.08. The Balaban J connectivity index is 3.25. The first-order chi connectivity index (χ1) is 5.83. The van der Waals surface area contributed by atoms with Gasteiger partial charge in [0.05, 0.1) is 7.11 Å². The maximum absolute atomic E-state index is 8.74. The van der Waals surface area contributed by atoms with E-state index in [1.165, 1.54) is 25.2 Å². The van der Waals surface area contributed by atoms with Crippen molar-refractivity contribution in [3.8, 4) is 11.9 Å². The van der Waals surface area contributed by atoms with Gasteiger partial charge in [0.15, 0.2) is 0 Å². The van der Waals surface area contributed by atoms with Crippen LogP contribution < -0.4 is 4.74 Å². The first-order valence-electron chi connectivity index (χ1n) is 3.16. The minimum Gasteiger partial charge on any atom is -0.480 e. The van der Waals surface area contributed by atoms with Gasteiger partial charge in [-0.15, -0.1) is 11.8 Å². The Labute approximate surface area is 74.6 Å². The van der Waals surface area contributed by atoms with Crippen LogP contribution in [0.25, 0.3) is 0 Å². The van der Waals surface area contributed by atoms with Gasteiger partial charge in [-0.1, -0.05) is 0 Å². The fraction of sp³-hybridized carbons (Fsp3) is 0.286. The van der Waals surface area contributed by atoms with Gasteiger partial charge in [-0.25, -0.2) is 9.97 Å². The van der Waals surface area contributed by atoms with Crippen molar-refractivity contribution in [2.45, 2.75) is 5.03 Å². The van der Waals surface area contributed by atoms with Crippen LogP contribution >= 0.6 is 11.8 Å². The number of nitriles is 1. The van der Waals surface area contributed by atoms with Gasteiger partial charge in [0.25, 0.3) is 0 Å². The minimum absolute atomic E-state index is 0.330. The third-order valence-corrected chi connectivity index (χ3v) is 1.97. The molecule has 4 nitrogen and oxygen atoms in total. The standard InChI is InChI=1S/C7H7N3OS/c1-11-6-5(3-8)7(12-2)10-4-9-6/h4H,1-2H3. The Morgan fingerprint density at radius 3 is 2.83 bits per heavy atom. The predicted octanol–water partition coefficient (Wildman–Crippen LogP) is 1.08. The highest BCUT2D eigenvalue weighted by molar-refractivity contribution is 7.98. The molecular weight excluding hydrogens is 174 g/mol. The van der Waals surface area contributed by atoms with Crippen LogP contribution in [0.3, 0.4) is 0 Å². The van der Waals surface area contributed by atoms with Crippen molar-refractivity contribution in [3.05, 3.63) is 11.9 Å². The average Bonchev–Trinajstić information content (AvgIpc) is 2.16. The lowest BCUT2D eigenvalue weighted by molar-refractivity contribution is 0.393. The van der Waals surface area contributed by atoms with Crippen LogP contribution in [-0.4, -0.2) is 23.3 Å². The summed E-state index contributed by atoms with van der Waals surface area (Å²) < 4.78 is 4.89. The average molecular weight is 181 g/mol. The van der Waals surface area contributed by atoms with Crippen molar-refractivity contribution in [3.63, 3.8) is 0 Å². The molecule has 1 heterocycles. The molecule has 5 heteroatoms. The van der Waals surface area contributed by atoms with Gasteiger partial charge in [0.2, 0.25) is 5.88 Å². The second-order valence-electron chi connectivity index (χ2n) is 1.88. The van der Waals surface area contributed by atoms with Gasteiger partial charge in [-0.05, 0) is 6.26 Å². The monoisotopic (exact) mass is 181 g/mol. The van der Waals surface area contributed by atoms with Crippen LogP contribution in [0, 0.1) is 11.3 Å². The fourth-order valence-electron chi connectivity index (χ4n) is 0.759. The molecule has 0 bridgehead atoms. The molecular formula is C7H7N3OS. The summed E-state index contributed by atoms with van der Waals surface area (Å²) in [6.45, 7) is 0. The molecule has 0 spiro atoms. The lowest BCUT2D eigenvalue weighted by Crippen LogP contribution is -1.95. The lowest BCUT2D eigenvalue weighted by atomic mass is 10.4. The number of hydrogen-bond acceptors (Lipinski definition) is 5. The molecule has 0 aliphatic heterocycles. The summed E-state index contributed by atoms with van der Waals surface area (Å²) in [5.41, 5.74) is 0.396. The zero-order valence-corrected chi connectivity index (χ0v) is 7.55. The maximum Gasteiger partial charge on any atom is 0.235 e. The van der Waals surface area contributed by atoms with Crippen molar-refractivity contribution in [2.75, 3.05) is 13.4 Å². The molecule has 0 atom stereocenters. The van der Waals surface area contributed by atoms with Gasteiger partial charge < -0.3 is 4.74 Å². The van der Waals surface area contributed by atoms with Gasteiger partial charge in [-0.3, -0.25) is 0 Å². The molecule has 0 N–H and O–H groups in total. The summed E-state index contributed by atoms with van der Waals surface area (Å²) in [6.07, 6.45) is 3.23. The van der Waals surface area contributed by atoms with Crippen molar-refractivity contribution in [1.29, 1.82) is 5.26 Å². The van der Waals surface area contributed by atoms with Crippen molar-refractivity contribution in [2.24, 2.45) is 0 Å². The zero-order valence-electron chi connectivity index (χ0n) is 6.74. The van der Waals surface area contributed by atoms with E-state index in [4.69, 9.17) is 10.00 Å². The number of thioether (sulfide) groups is 1. The fourth-order valence-corrected chi connectivity index (χ4v) is 1.25. The van der Waals surface area contributed by atoms with E-state index in [1.54, 1.807) is 0 Å². The van der Waals surface area contributed by atoms with Crippen LogP contribution in [0.5, 0.6) is 5.88 Å². The van der Waals surface area contributed by atoms with E-state index in [-0.39, 0.29) is 0 Å². The summed E-state index contributed by atoms with van der Waals surface area (Å²) in [4.78, 5) is 7.73. The van der Waals surface area contributed by atoms with E-state index in [0.29, 0.717) is 16.5 Å². The summed E-state index contributed by atoms with van der Waals surface area (Å²) in [5, 5.41) is 9.38. The third kappa shape index (κ3) is 1.48. The molecule has 0 aliphatic rings. The maximum atomic E-state index is 8.74. The minimum atomic E-state index is 0.330. The van der Waals surface area contributed by atoms with E-state index >= 15 is 0 Å². The van der Waals surface area contributed by atoms with Crippen LogP contribution in [0.1, 0.15) is 5.56 Å². The Bertz CT molecular complexity index is 299. The second kappa shape index (κ2) is 3.93. The molecule has 0 fully saturated rings. The Kier molecular flexibility index (Phi) is 2.88. The molecule has 0 aromatic carbocycles. The van der Waals surface area contributed by atoms with E-state index in [2.05, 4.69) is 9.97 Å². The second-order valence-corrected chi connectivity index (χ2v) is 2.67. The summed E-state index contributed by atoms with van der Waals surface area (Å²) >= 11 is 1.40. The van der Waals surface area contributed by atoms with Crippen LogP contribution in [0.15, 0.2) is 11.4 Å². The molecule has 12 heavy (non-hydrogen) atoms. The van der Waals surface area contributed by atoms with Crippen LogP contribution in [-0.2, 0) is 0 Å². The Hall–Kier alpha value is -1.28. The van der Waals surface area contributed by atoms with Crippen molar-refractivity contribution in [1.82, 2.24) is 9.97 Å². The smallest absolute Gasteiger partial charge is 0.235 e. The van der Waals surface area contributed by atoms with Gasteiger partial charge >= 0.3 is 0 Å². The quantitative estimate of drug-likeness (QED) is 0.504. The van der Waals surface area contributed by atoms with Crippen LogP contribution in [0.4, 0.5) is 0 Å². The van der Waals surface area contributed by atoms with E-state index in [1.807, 2.05) is 12.3 Å². The van der Waals surface area contributed by atoms with E-state index < -0.39 is 0 Å². The number of nitrogens with zero attached hydrogens (tertiary/aromatic N) is 3. The predicted molar refractivity (Wildman–Crippen MR) is 45.1 cm³/mol. The highest BCUT2D eigenvalue weighted by atomic mass is 32.2. The molecule has 62 valence electrons. The molecule has 0 aliphatic carbocycles. The summed E-state index contributed by atoms with van der Waals surface area (Å²) in [6, 6.07) is 2.00. The summed E-state index contributed by atoms with van der Waals surface area (Å²) in [5.74, 6) is 0.330. The Morgan fingerprint density at radius 1 is 1.58 bits per heavy atom. The summed E-state index contributed by atoms with van der Waals surface area (Å²) in [7, 11) is 1.48. The van der Waals surface area contributed by atoms with Crippen molar-refractivity contribution >= 4 is 11.8 Å². The topological polar surface area (TPSA) is 58.8 Å². The molecule has 0 saturated heterocycles. The van der Waals surface area contributed by atoms with E-state index in [9.17, 15) is 0 Å². The van der Waals surface area contributed by atoms with Gasteiger partial charge in [0.1, 0.15) is 23.0 Å². The molecule has 1 aromatic rings. The highest BCUT2D eigenvalue weighted by Gasteiger charge is 2.09. The molecule has 0 amide bonds. The SMILES string of the molecule is COc1ncnc(SC)c1C#N. The molecule has 0 radical (unpaired) electrons. The first-order valence-corrected chi connectivity index (χ1v) is 4.39. The molecule has 1 aromatic heterocycles. The third-order valence-electron chi connectivity index (χ3n) is 1.28. The van der Waals surface area contributed by atoms with Gasteiger partial charge in [0, 0.05) is 0 Å². The number of ether oxygens (including phenoxy) is 1. The molecule has 1 rings (SSSR count).